The molecule has 4 nitrogen and oxygen atoms in total. The third kappa shape index (κ3) is 7.14. The third-order valence-electron chi connectivity index (χ3n) is 3.23. The summed E-state index contributed by atoms with van der Waals surface area (Å²) in [4.78, 5) is 11.6. The molecule has 0 bridgehead atoms. The van der Waals surface area contributed by atoms with E-state index in [9.17, 15) is 4.79 Å². The third-order valence-corrected chi connectivity index (χ3v) is 3.23. The molecule has 1 rings (SSSR count). The van der Waals surface area contributed by atoms with Crippen molar-refractivity contribution in [1.82, 2.24) is 10.6 Å². The monoisotopic (exact) mass is 292 g/mol. The van der Waals surface area contributed by atoms with Crippen molar-refractivity contribution in [3.8, 4) is 0 Å². The van der Waals surface area contributed by atoms with Crippen LogP contribution in [0.4, 0.5) is 4.79 Å². The fourth-order valence-electron chi connectivity index (χ4n) is 1.94. The number of aryl methyl sites for hydroxylation is 1. The predicted octanol–water partition coefficient (Wildman–Crippen LogP) is 3.39. The van der Waals surface area contributed by atoms with Gasteiger partial charge < -0.3 is 15.4 Å². The average Bonchev–Trinajstić information content (AvgIpc) is 2.38. The van der Waals surface area contributed by atoms with Crippen LogP contribution < -0.4 is 10.6 Å². The van der Waals surface area contributed by atoms with E-state index >= 15 is 0 Å². The van der Waals surface area contributed by atoms with Crippen LogP contribution >= 0.6 is 0 Å². The van der Waals surface area contributed by atoms with Crippen LogP contribution in [0.15, 0.2) is 24.3 Å². The van der Waals surface area contributed by atoms with Crippen LogP contribution in [0.2, 0.25) is 0 Å². The molecule has 0 fully saturated rings. The van der Waals surface area contributed by atoms with Crippen LogP contribution in [0.3, 0.4) is 0 Å². The van der Waals surface area contributed by atoms with Gasteiger partial charge in [-0.3, -0.25) is 0 Å². The summed E-state index contributed by atoms with van der Waals surface area (Å²) < 4.78 is 5.24. The van der Waals surface area contributed by atoms with Crippen LogP contribution in [0.1, 0.15) is 45.2 Å². The highest BCUT2D eigenvalue weighted by molar-refractivity contribution is 5.67. The van der Waals surface area contributed by atoms with Gasteiger partial charge in [-0.25, -0.2) is 4.79 Å². The number of amides is 1. The Kier molecular flexibility index (Phi) is 6.69. The lowest BCUT2D eigenvalue weighted by molar-refractivity contribution is 0.0522. The highest BCUT2D eigenvalue weighted by atomic mass is 16.6. The van der Waals surface area contributed by atoms with Crippen LogP contribution in [0.25, 0.3) is 0 Å². The zero-order valence-electron chi connectivity index (χ0n) is 13.8. The largest absolute Gasteiger partial charge is 0.444 e. The Hall–Kier alpha value is -1.55. The molecular weight excluding hydrogens is 264 g/mol. The molecule has 0 saturated heterocycles. The second-order valence-corrected chi connectivity index (χ2v) is 6.30. The van der Waals surface area contributed by atoms with E-state index in [1.807, 2.05) is 32.9 Å². The van der Waals surface area contributed by atoms with Crippen LogP contribution in [0.5, 0.6) is 0 Å². The Morgan fingerprint density at radius 3 is 2.52 bits per heavy atom. The fourth-order valence-corrected chi connectivity index (χ4v) is 1.94. The van der Waals surface area contributed by atoms with Gasteiger partial charge in [-0.15, -0.1) is 0 Å². The van der Waals surface area contributed by atoms with E-state index in [4.69, 9.17) is 4.74 Å². The van der Waals surface area contributed by atoms with Crippen LogP contribution in [-0.2, 0) is 11.3 Å². The standard InChI is InChI=1S/C17H28N2O2/c1-6-15(12-19-16(20)21-17(3,4)5)18-11-14-10-8-7-9-13(14)2/h7-10,15,18H,6,11-12H2,1-5H3,(H,19,20). The molecule has 1 aromatic rings. The topological polar surface area (TPSA) is 50.4 Å². The van der Waals surface area contributed by atoms with Gasteiger partial charge in [0.25, 0.3) is 0 Å². The van der Waals surface area contributed by atoms with Gasteiger partial charge >= 0.3 is 6.09 Å². The first-order valence-corrected chi connectivity index (χ1v) is 7.56. The minimum absolute atomic E-state index is 0.233. The first-order chi connectivity index (χ1) is 9.81. The smallest absolute Gasteiger partial charge is 0.407 e. The molecule has 0 aromatic heterocycles. The molecule has 0 aliphatic carbocycles. The van der Waals surface area contributed by atoms with Gasteiger partial charge in [0, 0.05) is 19.1 Å². The van der Waals surface area contributed by atoms with Crippen molar-refractivity contribution in [2.24, 2.45) is 0 Å². The van der Waals surface area contributed by atoms with E-state index in [0.29, 0.717) is 6.54 Å². The average molecular weight is 292 g/mol. The van der Waals surface area contributed by atoms with Gasteiger partial charge in [0.15, 0.2) is 0 Å². The summed E-state index contributed by atoms with van der Waals surface area (Å²) in [5, 5.41) is 6.29. The first kappa shape index (κ1) is 17.5. The minimum atomic E-state index is -0.458. The summed E-state index contributed by atoms with van der Waals surface area (Å²) in [6, 6.07) is 8.55. The summed E-state index contributed by atoms with van der Waals surface area (Å²) in [7, 11) is 0. The Bertz CT molecular complexity index is 452. The SMILES string of the molecule is CCC(CNC(=O)OC(C)(C)C)NCc1ccccc1C. The summed E-state index contributed by atoms with van der Waals surface area (Å²) >= 11 is 0. The Balaban J connectivity index is 2.39. The van der Waals surface area contributed by atoms with E-state index in [0.717, 1.165) is 13.0 Å². The van der Waals surface area contributed by atoms with Crippen molar-refractivity contribution in [1.29, 1.82) is 0 Å². The van der Waals surface area contributed by atoms with Crippen LogP contribution in [0, 0.1) is 6.92 Å². The number of carbonyl (C=O) groups excluding carboxylic acids is 1. The maximum atomic E-state index is 11.6. The lowest BCUT2D eigenvalue weighted by atomic mass is 10.1. The molecule has 118 valence electrons. The zero-order valence-corrected chi connectivity index (χ0v) is 13.8. The molecular formula is C17H28N2O2. The van der Waals surface area contributed by atoms with Crippen molar-refractivity contribution in [3.63, 3.8) is 0 Å². The van der Waals surface area contributed by atoms with Gasteiger partial charge in [-0.05, 0) is 45.2 Å². The molecule has 0 aliphatic rings. The summed E-state index contributed by atoms with van der Waals surface area (Å²) in [5.41, 5.74) is 2.11. The van der Waals surface area contributed by atoms with E-state index in [1.165, 1.54) is 11.1 Å². The molecule has 1 amide bonds. The first-order valence-electron chi connectivity index (χ1n) is 7.56. The Morgan fingerprint density at radius 1 is 1.29 bits per heavy atom. The van der Waals surface area contributed by atoms with E-state index in [2.05, 4.69) is 36.6 Å². The molecule has 21 heavy (non-hydrogen) atoms. The normalized spacial score (nSPS) is 12.8. The molecule has 2 N–H and O–H groups in total. The summed E-state index contributed by atoms with van der Waals surface area (Å²) in [6.07, 6.45) is 0.584. The highest BCUT2D eigenvalue weighted by Crippen LogP contribution is 2.08. The fraction of sp³-hybridized carbons (Fsp3) is 0.588. The molecule has 4 heteroatoms. The highest BCUT2D eigenvalue weighted by Gasteiger charge is 2.16. The van der Waals surface area contributed by atoms with Crippen molar-refractivity contribution in [3.05, 3.63) is 35.4 Å². The molecule has 0 saturated carbocycles. The van der Waals surface area contributed by atoms with Gasteiger partial charge in [0.2, 0.25) is 0 Å². The number of nitrogens with one attached hydrogen (secondary N) is 2. The van der Waals surface area contributed by atoms with Gasteiger partial charge in [0.1, 0.15) is 5.60 Å². The van der Waals surface area contributed by atoms with Gasteiger partial charge in [-0.1, -0.05) is 31.2 Å². The number of ether oxygens (including phenoxy) is 1. The summed E-state index contributed by atoms with van der Waals surface area (Å²) in [6.45, 7) is 11.2. The second kappa shape index (κ2) is 8.03. The molecule has 1 unspecified atom stereocenters. The quantitative estimate of drug-likeness (QED) is 0.845. The number of alkyl carbamates (subject to hydrolysis) is 1. The minimum Gasteiger partial charge on any atom is -0.444 e. The molecule has 1 atom stereocenters. The van der Waals surface area contributed by atoms with Gasteiger partial charge in [0.05, 0.1) is 0 Å². The number of hydrogen-bond donors (Lipinski definition) is 2. The van der Waals surface area contributed by atoms with E-state index in [-0.39, 0.29) is 12.1 Å². The maximum absolute atomic E-state index is 11.6. The van der Waals surface area contributed by atoms with Crippen molar-refractivity contribution in [2.45, 2.75) is 59.2 Å². The number of benzene rings is 1. The molecule has 0 aliphatic heterocycles. The number of hydrogen-bond acceptors (Lipinski definition) is 3. The Labute approximate surface area is 128 Å². The number of rotatable bonds is 6. The Morgan fingerprint density at radius 2 is 1.95 bits per heavy atom. The zero-order chi connectivity index (χ0) is 15.9. The second-order valence-electron chi connectivity index (χ2n) is 6.30. The lowest BCUT2D eigenvalue weighted by Crippen LogP contribution is -2.42. The molecule has 1 aromatic carbocycles. The van der Waals surface area contributed by atoms with E-state index in [1.54, 1.807) is 0 Å². The van der Waals surface area contributed by atoms with Gasteiger partial charge in [-0.2, -0.15) is 0 Å². The summed E-state index contributed by atoms with van der Waals surface area (Å²) in [5.74, 6) is 0. The lowest BCUT2D eigenvalue weighted by Gasteiger charge is -2.22. The maximum Gasteiger partial charge on any atom is 0.407 e. The number of carbonyl (C=O) groups is 1. The molecule has 0 radical (unpaired) electrons. The van der Waals surface area contributed by atoms with Crippen molar-refractivity contribution < 1.29 is 9.53 Å². The molecule has 0 spiro atoms. The van der Waals surface area contributed by atoms with E-state index < -0.39 is 5.60 Å². The van der Waals surface area contributed by atoms with Crippen LogP contribution in [-0.4, -0.2) is 24.3 Å². The predicted molar refractivity (Wildman–Crippen MR) is 86.3 cm³/mol. The van der Waals surface area contributed by atoms with Crippen molar-refractivity contribution in [2.75, 3.05) is 6.54 Å². The molecule has 0 heterocycles. The van der Waals surface area contributed by atoms with Crippen molar-refractivity contribution >= 4 is 6.09 Å².